The standard InChI is InChI=1S/C25H29NO5/c1-16(2)24-22(31-25(26-24)19-6-9-20(29-4)10-7-19)13-14-30-21-11-5-18(17(3)15-21)8-12-23(27)28/h5-7,9-11,15-16H,8,12-14H2,1-4H3,(H,27,28). The van der Waals surface area contributed by atoms with Gasteiger partial charge in [-0.25, -0.2) is 4.98 Å². The molecule has 164 valence electrons. The number of hydrogen-bond donors (Lipinski definition) is 1. The van der Waals surface area contributed by atoms with Crippen molar-refractivity contribution in [3.05, 3.63) is 65.0 Å². The second-order valence-electron chi connectivity index (χ2n) is 7.79. The lowest BCUT2D eigenvalue weighted by molar-refractivity contribution is -0.136. The average molecular weight is 424 g/mol. The Balaban J connectivity index is 1.66. The van der Waals surface area contributed by atoms with Gasteiger partial charge >= 0.3 is 5.97 Å². The van der Waals surface area contributed by atoms with Crippen molar-refractivity contribution in [2.45, 2.75) is 46.0 Å². The summed E-state index contributed by atoms with van der Waals surface area (Å²) in [5.74, 6) is 2.42. The number of oxazole rings is 1. The van der Waals surface area contributed by atoms with Crippen LogP contribution in [-0.2, 0) is 17.6 Å². The predicted molar refractivity (Wildman–Crippen MR) is 119 cm³/mol. The number of ether oxygens (including phenoxy) is 2. The summed E-state index contributed by atoms with van der Waals surface area (Å²) in [6.07, 6.45) is 1.25. The molecule has 6 nitrogen and oxygen atoms in total. The highest BCUT2D eigenvalue weighted by Crippen LogP contribution is 2.28. The van der Waals surface area contributed by atoms with E-state index >= 15 is 0 Å². The summed E-state index contributed by atoms with van der Waals surface area (Å²) >= 11 is 0. The van der Waals surface area contributed by atoms with Gasteiger partial charge < -0.3 is 19.0 Å². The van der Waals surface area contributed by atoms with Gasteiger partial charge in [-0.3, -0.25) is 4.79 Å². The van der Waals surface area contributed by atoms with Gasteiger partial charge in [-0.15, -0.1) is 0 Å². The van der Waals surface area contributed by atoms with Crippen molar-refractivity contribution in [2.75, 3.05) is 13.7 Å². The molecule has 31 heavy (non-hydrogen) atoms. The molecule has 1 aromatic heterocycles. The van der Waals surface area contributed by atoms with Gasteiger partial charge in [-0.1, -0.05) is 19.9 Å². The van der Waals surface area contributed by atoms with E-state index in [4.69, 9.17) is 24.0 Å². The SMILES string of the molecule is COc1ccc(-c2nc(C(C)C)c(CCOc3ccc(CCC(=O)O)c(C)c3)o2)cc1. The van der Waals surface area contributed by atoms with Crippen molar-refractivity contribution in [1.29, 1.82) is 0 Å². The molecular formula is C25H29NO5. The predicted octanol–water partition coefficient (Wildman–Crippen LogP) is 5.42. The molecule has 0 radical (unpaired) electrons. The highest BCUT2D eigenvalue weighted by Gasteiger charge is 2.17. The van der Waals surface area contributed by atoms with Gasteiger partial charge in [0.2, 0.25) is 5.89 Å². The molecule has 0 aliphatic carbocycles. The van der Waals surface area contributed by atoms with Gasteiger partial charge in [0, 0.05) is 18.4 Å². The first-order valence-corrected chi connectivity index (χ1v) is 10.5. The van der Waals surface area contributed by atoms with E-state index in [1.54, 1.807) is 7.11 Å². The zero-order valence-electron chi connectivity index (χ0n) is 18.5. The number of aryl methyl sites for hydroxylation is 2. The molecule has 2 aromatic carbocycles. The molecule has 3 rings (SSSR count). The van der Waals surface area contributed by atoms with Gasteiger partial charge in [0.25, 0.3) is 0 Å². The first-order chi connectivity index (χ1) is 14.9. The first kappa shape index (κ1) is 22.4. The molecular weight excluding hydrogens is 394 g/mol. The number of nitrogens with zero attached hydrogens (tertiary/aromatic N) is 1. The van der Waals surface area contributed by atoms with E-state index in [-0.39, 0.29) is 12.3 Å². The van der Waals surface area contributed by atoms with E-state index in [2.05, 4.69) is 13.8 Å². The second-order valence-corrected chi connectivity index (χ2v) is 7.79. The van der Waals surface area contributed by atoms with Gasteiger partial charge in [-0.2, -0.15) is 0 Å². The molecule has 0 bridgehead atoms. The van der Waals surface area contributed by atoms with Crippen molar-refractivity contribution < 1.29 is 23.8 Å². The molecule has 0 saturated heterocycles. The maximum absolute atomic E-state index is 10.8. The third-order valence-corrected chi connectivity index (χ3v) is 5.13. The van der Waals surface area contributed by atoms with E-state index in [0.29, 0.717) is 25.3 Å². The van der Waals surface area contributed by atoms with E-state index in [1.165, 1.54) is 0 Å². The lowest BCUT2D eigenvalue weighted by Gasteiger charge is -2.10. The molecule has 6 heteroatoms. The van der Waals surface area contributed by atoms with Crippen LogP contribution >= 0.6 is 0 Å². The van der Waals surface area contributed by atoms with E-state index < -0.39 is 5.97 Å². The molecule has 0 spiro atoms. The number of carboxylic acids is 1. The molecule has 0 atom stereocenters. The molecule has 1 heterocycles. The molecule has 0 unspecified atom stereocenters. The number of rotatable bonds is 10. The fourth-order valence-electron chi connectivity index (χ4n) is 3.39. The van der Waals surface area contributed by atoms with Gasteiger partial charge in [-0.05, 0) is 66.8 Å². The van der Waals surface area contributed by atoms with Crippen molar-refractivity contribution in [3.63, 3.8) is 0 Å². The fourth-order valence-corrected chi connectivity index (χ4v) is 3.39. The Kier molecular flexibility index (Phi) is 7.34. The topological polar surface area (TPSA) is 81.8 Å². The summed E-state index contributed by atoms with van der Waals surface area (Å²) < 4.78 is 17.2. The Bertz CT molecular complexity index is 1020. The number of aliphatic carboxylic acids is 1. The summed E-state index contributed by atoms with van der Waals surface area (Å²) in [5, 5.41) is 8.86. The van der Waals surface area contributed by atoms with Crippen LogP contribution in [0, 0.1) is 6.92 Å². The summed E-state index contributed by atoms with van der Waals surface area (Å²) in [6, 6.07) is 13.4. The minimum absolute atomic E-state index is 0.126. The quantitative estimate of drug-likeness (QED) is 0.469. The number of methoxy groups -OCH3 is 1. The van der Waals surface area contributed by atoms with Gasteiger partial charge in [0.15, 0.2) is 0 Å². The van der Waals surface area contributed by atoms with Crippen molar-refractivity contribution in [2.24, 2.45) is 0 Å². The molecule has 3 aromatic rings. The first-order valence-electron chi connectivity index (χ1n) is 10.5. The Morgan fingerprint density at radius 2 is 1.81 bits per heavy atom. The second kappa shape index (κ2) is 10.2. The molecule has 1 N–H and O–H groups in total. The Hall–Kier alpha value is -3.28. The zero-order chi connectivity index (χ0) is 22.4. The van der Waals surface area contributed by atoms with Gasteiger partial charge in [0.1, 0.15) is 17.3 Å². The Morgan fingerprint density at radius 1 is 1.10 bits per heavy atom. The fraction of sp³-hybridized carbons (Fsp3) is 0.360. The van der Waals surface area contributed by atoms with Crippen LogP contribution in [0.15, 0.2) is 46.9 Å². The third kappa shape index (κ3) is 5.87. The maximum Gasteiger partial charge on any atom is 0.303 e. The third-order valence-electron chi connectivity index (χ3n) is 5.13. The molecule has 0 saturated carbocycles. The Labute approximate surface area is 182 Å². The summed E-state index contributed by atoms with van der Waals surface area (Å²) in [6.45, 7) is 6.63. The number of carbonyl (C=O) groups is 1. The van der Waals surface area contributed by atoms with Crippen LogP contribution < -0.4 is 9.47 Å². The van der Waals surface area contributed by atoms with Crippen LogP contribution in [0.2, 0.25) is 0 Å². The molecule has 0 aliphatic rings. The summed E-state index contributed by atoms with van der Waals surface area (Å²) in [5.41, 5.74) is 3.90. The molecule has 0 amide bonds. The van der Waals surface area contributed by atoms with Crippen molar-refractivity contribution in [1.82, 2.24) is 4.98 Å². The van der Waals surface area contributed by atoms with Crippen molar-refractivity contribution in [3.8, 4) is 23.0 Å². The average Bonchev–Trinajstić information content (AvgIpc) is 3.17. The minimum Gasteiger partial charge on any atom is -0.497 e. The maximum atomic E-state index is 10.8. The van der Waals surface area contributed by atoms with Crippen LogP contribution in [0.4, 0.5) is 0 Å². The zero-order valence-corrected chi connectivity index (χ0v) is 18.5. The smallest absolute Gasteiger partial charge is 0.303 e. The number of aromatic nitrogens is 1. The lowest BCUT2D eigenvalue weighted by Crippen LogP contribution is -2.04. The summed E-state index contributed by atoms with van der Waals surface area (Å²) in [4.78, 5) is 15.5. The number of hydrogen-bond acceptors (Lipinski definition) is 5. The van der Waals surface area contributed by atoms with Crippen molar-refractivity contribution >= 4 is 5.97 Å². The molecule has 0 aliphatic heterocycles. The highest BCUT2D eigenvalue weighted by molar-refractivity contribution is 5.67. The normalized spacial score (nSPS) is 11.0. The van der Waals surface area contributed by atoms with E-state index in [9.17, 15) is 4.79 Å². The van der Waals surface area contributed by atoms with Crippen LogP contribution in [0.5, 0.6) is 11.5 Å². The van der Waals surface area contributed by atoms with Gasteiger partial charge in [0.05, 0.1) is 19.4 Å². The van der Waals surface area contributed by atoms with E-state index in [1.807, 2.05) is 49.4 Å². The molecule has 0 fully saturated rings. The lowest BCUT2D eigenvalue weighted by atomic mass is 10.0. The van der Waals surface area contributed by atoms with Crippen LogP contribution in [0.1, 0.15) is 48.8 Å². The largest absolute Gasteiger partial charge is 0.497 e. The van der Waals surface area contributed by atoms with Crippen LogP contribution in [-0.4, -0.2) is 29.8 Å². The highest BCUT2D eigenvalue weighted by atomic mass is 16.5. The number of carboxylic acid groups (broad SMARTS) is 1. The minimum atomic E-state index is -0.790. The monoisotopic (exact) mass is 423 g/mol. The summed E-state index contributed by atoms with van der Waals surface area (Å²) in [7, 11) is 1.64. The van der Waals surface area contributed by atoms with E-state index in [0.717, 1.165) is 39.6 Å². The van der Waals surface area contributed by atoms with Crippen LogP contribution in [0.3, 0.4) is 0 Å². The Morgan fingerprint density at radius 3 is 2.42 bits per heavy atom. The van der Waals surface area contributed by atoms with Crippen LogP contribution in [0.25, 0.3) is 11.5 Å². The number of benzene rings is 2.